The summed E-state index contributed by atoms with van der Waals surface area (Å²) in [6, 6.07) is 9.93. The molecule has 2 aromatic rings. The molecule has 0 saturated carbocycles. The number of allylic oxidation sites excluding steroid dienone is 4. The Balaban J connectivity index is 1.91. The number of nitrogens with two attached hydrogens (primary N) is 1. The molecular weight excluding hydrogens is 437 g/mol. The molecule has 2 N–H and O–H groups in total. The molecule has 7 heteroatoms. The predicted octanol–water partition coefficient (Wildman–Crippen LogP) is 4.65. The average Bonchev–Trinajstić information content (AvgIpc) is 2.56. The van der Waals surface area contributed by atoms with Crippen LogP contribution in [0.2, 0.25) is 0 Å². The van der Waals surface area contributed by atoms with Gasteiger partial charge in [0.25, 0.3) is 0 Å². The zero-order valence-electron chi connectivity index (χ0n) is 13.7. The van der Waals surface area contributed by atoms with Gasteiger partial charge in [0.15, 0.2) is 0 Å². The van der Waals surface area contributed by atoms with Crippen LogP contribution in [0.15, 0.2) is 64.0 Å². The van der Waals surface area contributed by atoms with Crippen LogP contribution in [-0.4, -0.2) is 13.3 Å². The first-order chi connectivity index (χ1) is 12.2. The Morgan fingerprint density at radius 2 is 1.92 bits per heavy atom. The molecule has 0 radical (unpaired) electrons. The Hall–Kier alpha value is -1.67. The van der Waals surface area contributed by atoms with Gasteiger partial charge in [-0.05, 0) is 53.5 Å². The van der Waals surface area contributed by atoms with E-state index in [0.29, 0.717) is 10.4 Å². The number of hydrogen-bond acceptors (Lipinski definition) is 3. The number of benzene rings is 2. The van der Waals surface area contributed by atoms with Crippen LogP contribution < -0.4 is 5.14 Å². The van der Waals surface area contributed by atoms with Crippen LogP contribution in [0.5, 0.6) is 0 Å². The van der Waals surface area contributed by atoms with Gasteiger partial charge < -0.3 is 0 Å². The Bertz CT molecular complexity index is 1070. The summed E-state index contributed by atoms with van der Waals surface area (Å²) in [6.07, 6.45) is 5.62. The van der Waals surface area contributed by atoms with Gasteiger partial charge >= 0.3 is 0 Å². The lowest BCUT2D eigenvalue weighted by atomic mass is 9.88. The van der Waals surface area contributed by atoms with E-state index in [1.807, 2.05) is 37.3 Å². The molecule has 0 spiro atoms. The molecule has 26 heavy (non-hydrogen) atoms. The van der Waals surface area contributed by atoms with E-state index in [-0.39, 0.29) is 5.92 Å². The van der Waals surface area contributed by atoms with Crippen molar-refractivity contribution in [3.63, 3.8) is 0 Å². The van der Waals surface area contributed by atoms with E-state index >= 15 is 0 Å². The first-order valence-electron chi connectivity index (χ1n) is 7.69. The zero-order valence-corrected chi connectivity index (χ0v) is 17.0. The molecule has 0 aliphatic heterocycles. The molecule has 0 bridgehead atoms. The van der Waals surface area contributed by atoms with Crippen molar-refractivity contribution in [3.05, 3.63) is 81.6 Å². The highest BCUT2D eigenvalue weighted by molar-refractivity contribution is 9.10. The van der Waals surface area contributed by atoms with E-state index in [1.54, 1.807) is 6.08 Å². The summed E-state index contributed by atoms with van der Waals surface area (Å²) in [5, 5.41) is 4.99. The lowest BCUT2D eigenvalue weighted by Crippen LogP contribution is -2.14. The van der Waals surface area contributed by atoms with Crippen LogP contribution in [0.4, 0.5) is 4.39 Å². The Labute approximate surface area is 165 Å². The minimum absolute atomic E-state index is 0.0424. The van der Waals surface area contributed by atoms with Crippen molar-refractivity contribution in [1.29, 1.82) is 0 Å². The number of primary sulfonamides is 1. The van der Waals surface area contributed by atoms with Crippen molar-refractivity contribution < 1.29 is 12.8 Å². The summed E-state index contributed by atoms with van der Waals surface area (Å²) in [5.74, 6) is -0.922. The maximum absolute atomic E-state index is 14.1. The van der Waals surface area contributed by atoms with Crippen LogP contribution >= 0.6 is 28.1 Å². The Morgan fingerprint density at radius 3 is 2.50 bits per heavy atom. The zero-order chi connectivity index (χ0) is 19.1. The third-order valence-corrected chi connectivity index (χ3v) is 6.37. The smallest absolute Gasteiger partial charge is 0.225 e. The molecule has 134 valence electrons. The minimum atomic E-state index is -4.09. The molecule has 0 fully saturated rings. The van der Waals surface area contributed by atoms with E-state index in [4.69, 9.17) is 17.4 Å². The van der Waals surface area contributed by atoms with Gasteiger partial charge in [0, 0.05) is 15.3 Å². The monoisotopic (exact) mass is 451 g/mol. The molecule has 1 atom stereocenters. The molecule has 2 aromatic carbocycles. The number of halogens is 2. The average molecular weight is 452 g/mol. The standard InChI is InChI=1S/C19H15BrFNO2S2/c1-11-2-3-14(8-16(11)20)15-6-4-13(10-18(15)25)12-5-7-19(17(21)9-12)26(22,23)24/h2-10,15H,1H3,(H2,22,23,24). The van der Waals surface area contributed by atoms with E-state index in [9.17, 15) is 12.8 Å². The molecule has 3 nitrogen and oxygen atoms in total. The third-order valence-electron chi connectivity index (χ3n) is 4.20. The van der Waals surface area contributed by atoms with Crippen molar-refractivity contribution in [2.75, 3.05) is 0 Å². The maximum atomic E-state index is 14.1. The fourth-order valence-corrected chi connectivity index (χ4v) is 4.08. The fraction of sp³-hybridized carbons (Fsp3) is 0.105. The second-order valence-electron chi connectivity index (χ2n) is 6.04. The number of aryl methyl sites for hydroxylation is 1. The van der Waals surface area contributed by atoms with Crippen molar-refractivity contribution in [2.24, 2.45) is 5.14 Å². The highest BCUT2D eigenvalue weighted by Gasteiger charge is 2.20. The van der Waals surface area contributed by atoms with Crippen LogP contribution in [-0.2, 0) is 10.0 Å². The topological polar surface area (TPSA) is 60.2 Å². The van der Waals surface area contributed by atoms with E-state index in [1.165, 1.54) is 12.1 Å². The SMILES string of the molecule is Cc1ccc(C2C=CC(c3ccc(S(N)(=O)=O)c(F)c3)=CC2=S)cc1Br. The number of rotatable bonds is 3. The van der Waals surface area contributed by atoms with Crippen molar-refractivity contribution in [1.82, 2.24) is 0 Å². The first kappa shape index (κ1) is 19.1. The van der Waals surface area contributed by atoms with Crippen LogP contribution in [0, 0.1) is 12.7 Å². The normalized spacial score (nSPS) is 17.3. The molecule has 1 unspecified atom stereocenters. The quantitative estimate of drug-likeness (QED) is 0.690. The molecular formula is C19H15BrFNO2S2. The summed E-state index contributed by atoms with van der Waals surface area (Å²) in [7, 11) is -4.09. The fourth-order valence-electron chi connectivity index (χ4n) is 2.75. The minimum Gasteiger partial charge on any atom is -0.225 e. The second kappa shape index (κ2) is 7.15. The van der Waals surface area contributed by atoms with Gasteiger partial charge in [-0.3, -0.25) is 0 Å². The number of hydrogen-bond donors (Lipinski definition) is 1. The van der Waals surface area contributed by atoms with Crippen molar-refractivity contribution >= 4 is 48.6 Å². The number of thiocarbonyl (C=S) groups is 1. The molecule has 1 aliphatic rings. The van der Waals surface area contributed by atoms with Crippen LogP contribution in [0.3, 0.4) is 0 Å². The van der Waals surface area contributed by atoms with Gasteiger partial charge in [0.1, 0.15) is 10.7 Å². The lowest BCUT2D eigenvalue weighted by Gasteiger charge is -2.19. The van der Waals surface area contributed by atoms with E-state index in [2.05, 4.69) is 15.9 Å². The molecule has 0 amide bonds. The first-order valence-corrected chi connectivity index (χ1v) is 10.4. The highest BCUT2D eigenvalue weighted by Crippen LogP contribution is 2.32. The lowest BCUT2D eigenvalue weighted by molar-refractivity contribution is 0.568. The van der Waals surface area contributed by atoms with Crippen LogP contribution in [0.25, 0.3) is 5.57 Å². The Morgan fingerprint density at radius 1 is 1.19 bits per heavy atom. The second-order valence-corrected chi connectivity index (χ2v) is 8.89. The largest absolute Gasteiger partial charge is 0.240 e. The summed E-state index contributed by atoms with van der Waals surface area (Å²) in [4.78, 5) is 0.181. The Kier molecular flexibility index (Phi) is 5.25. The van der Waals surface area contributed by atoms with Gasteiger partial charge in [0.2, 0.25) is 10.0 Å². The predicted molar refractivity (Wildman–Crippen MR) is 109 cm³/mol. The van der Waals surface area contributed by atoms with Gasteiger partial charge in [0.05, 0.1) is 0 Å². The van der Waals surface area contributed by atoms with Gasteiger partial charge in [-0.15, -0.1) is 0 Å². The van der Waals surface area contributed by atoms with Gasteiger partial charge in [-0.2, -0.15) is 0 Å². The van der Waals surface area contributed by atoms with Gasteiger partial charge in [-0.1, -0.05) is 58.5 Å². The maximum Gasteiger partial charge on any atom is 0.240 e. The van der Waals surface area contributed by atoms with E-state index < -0.39 is 20.7 Å². The summed E-state index contributed by atoms with van der Waals surface area (Å²) in [5.41, 5.74) is 3.46. The van der Waals surface area contributed by atoms with Crippen molar-refractivity contribution in [3.8, 4) is 0 Å². The summed E-state index contributed by atoms with van der Waals surface area (Å²) in [6.45, 7) is 2.01. The van der Waals surface area contributed by atoms with Crippen molar-refractivity contribution in [2.45, 2.75) is 17.7 Å². The van der Waals surface area contributed by atoms with Crippen LogP contribution in [0.1, 0.15) is 22.6 Å². The summed E-state index contributed by atoms with van der Waals surface area (Å²) >= 11 is 9.06. The molecule has 3 rings (SSSR count). The molecule has 0 saturated heterocycles. The molecule has 1 aliphatic carbocycles. The van der Waals surface area contributed by atoms with Gasteiger partial charge in [-0.25, -0.2) is 17.9 Å². The highest BCUT2D eigenvalue weighted by atomic mass is 79.9. The molecule has 0 heterocycles. The number of sulfonamides is 1. The summed E-state index contributed by atoms with van der Waals surface area (Å²) < 4.78 is 37.7. The molecule has 0 aromatic heterocycles. The third kappa shape index (κ3) is 3.86. The van der Waals surface area contributed by atoms with E-state index in [0.717, 1.165) is 27.2 Å².